The average Bonchev–Trinajstić information content (AvgIpc) is 3.34. The number of aryl methyl sites for hydroxylation is 2. The molecule has 3 aromatic rings. The van der Waals surface area contributed by atoms with Crippen LogP contribution in [0.3, 0.4) is 0 Å². The van der Waals surface area contributed by atoms with Crippen LogP contribution in [0.4, 0.5) is 0 Å². The second-order valence-corrected chi connectivity index (χ2v) is 8.58. The van der Waals surface area contributed by atoms with Gasteiger partial charge >= 0.3 is 5.69 Å². The number of nitrogens with zero attached hydrogens (tertiary/aromatic N) is 4. The number of thiophene rings is 1. The summed E-state index contributed by atoms with van der Waals surface area (Å²) in [5.41, 5.74) is -0.00124. The van der Waals surface area contributed by atoms with Gasteiger partial charge in [-0.15, -0.1) is 35.3 Å². The van der Waals surface area contributed by atoms with E-state index in [1.165, 1.54) is 4.70 Å². The van der Waals surface area contributed by atoms with Crippen molar-refractivity contribution in [3.05, 3.63) is 51.5 Å². The Morgan fingerprint density at radius 2 is 2.16 bits per heavy atom. The zero-order valence-electron chi connectivity index (χ0n) is 17.6. The molecule has 31 heavy (non-hydrogen) atoms. The van der Waals surface area contributed by atoms with Crippen LogP contribution >= 0.6 is 35.3 Å². The van der Waals surface area contributed by atoms with Crippen molar-refractivity contribution in [1.82, 2.24) is 25.0 Å². The first-order valence-corrected chi connectivity index (χ1v) is 11.2. The Kier molecular flexibility index (Phi) is 8.50. The van der Waals surface area contributed by atoms with Crippen LogP contribution in [0.1, 0.15) is 36.1 Å². The molecule has 168 valence electrons. The maximum absolute atomic E-state index is 12.4. The number of hydrogen-bond donors (Lipinski definition) is 3. The molecule has 1 aromatic carbocycles. The van der Waals surface area contributed by atoms with Crippen LogP contribution in [0, 0.1) is 0 Å². The van der Waals surface area contributed by atoms with E-state index in [0.29, 0.717) is 25.6 Å². The lowest BCUT2D eigenvalue weighted by atomic mass is 10.2. The molecule has 0 bridgehead atoms. The first-order valence-electron chi connectivity index (χ1n) is 10.4. The summed E-state index contributed by atoms with van der Waals surface area (Å²) in [7, 11) is 1.70. The Labute approximate surface area is 202 Å². The van der Waals surface area contributed by atoms with Gasteiger partial charge < -0.3 is 15.7 Å². The molecule has 0 aliphatic carbocycles. The molecule has 10 heteroatoms. The number of aliphatic hydroxyl groups is 1. The third-order valence-electron chi connectivity index (χ3n) is 5.33. The molecule has 3 N–H and O–H groups in total. The summed E-state index contributed by atoms with van der Waals surface area (Å²) in [4.78, 5) is 17.5. The summed E-state index contributed by atoms with van der Waals surface area (Å²) in [6.45, 7) is 2.39. The number of hydrogen-bond acceptors (Lipinski definition) is 5. The molecule has 0 fully saturated rings. The van der Waals surface area contributed by atoms with Gasteiger partial charge in [-0.1, -0.05) is 18.2 Å². The number of aliphatic imine (C=N–C) groups is 1. The smallest absolute Gasteiger partial charge is 0.345 e. The van der Waals surface area contributed by atoms with E-state index < -0.39 is 6.10 Å². The average molecular weight is 556 g/mol. The van der Waals surface area contributed by atoms with E-state index >= 15 is 0 Å². The van der Waals surface area contributed by atoms with Gasteiger partial charge in [0.2, 0.25) is 0 Å². The molecule has 1 unspecified atom stereocenters. The topological polar surface area (TPSA) is 96.5 Å². The zero-order chi connectivity index (χ0) is 20.9. The molecule has 1 aliphatic rings. The highest BCUT2D eigenvalue weighted by atomic mass is 127. The number of guanidine groups is 1. The van der Waals surface area contributed by atoms with E-state index in [2.05, 4.69) is 32.9 Å². The molecule has 1 aliphatic heterocycles. The number of rotatable bonds is 7. The van der Waals surface area contributed by atoms with Gasteiger partial charge in [0.05, 0.1) is 0 Å². The van der Waals surface area contributed by atoms with Gasteiger partial charge in [-0.2, -0.15) is 5.10 Å². The second-order valence-electron chi connectivity index (χ2n) is 7.47. The summed E-state index contributed by atoms with van der Waals surface area (Å²) in [6.07, 6.45) is 3.20. The Morgan fingerprint density at radius 3 is 2.94 bits per heavy atom. The molecule has 0 amide bonds. The predicted octanol–water partition coefficient (Wildman–Crippen LogP) is 2.50. The molecule has 0 radical (unpaired) electrons. The van der Waals surface area contributed by atoms with Crippen molar-refractivity contribution in [2.75, 3.05) is 20.1 Å². The van der Waals surface area contributed by atoms with E-state index in [1.807, 2.05) is 18.2 Å². The monoisotopic (exact) mass is 556 g/mol. The molecule has 0 spiro atoms. The molecule has 0 saturated heterocycles. The standard InChI is InChI=1S/C21H28N6O2S.HI/c1-22-20(24-14-16(28)18-13-15-7-2-3-8-17(15)30-18)23-10-6-12-27-21(29)26-11-5-4-9-19(26)25-27;/h2-3,7-8,13,16,28H,4-6,9-12,14H2,1H3,(H2,22,23,24);1H. The first kappa shape index (κ1) is 23.7. The van der Waals surface area contributed by atoms with Crippen molar-refractivity contribution in [2.45, 2.75) is 44.9 Å². The normalized spacial score (nSPS) is 14.7. The van der Waals surface area contributed by atoms with E-state index in [0.717, 1.165) is 48.3 Å². The molecule has 8 nitrogen and oxygen atoms in total. The lowest BCUT2D eigenvalue weighted by Crippen LogP contribution is -2.40. The molecular formula is C21H29IN6O2S. The van der Waals surface area contributed by atoms with Crippen molar-refractivity contribution in [3.8, 4) is 0 Å². The van der Waals surface area contributed by atoms with Crippen molar-refractivity contribution in [1.29, 1.82) is 0 Å². The minimum absolute atomic E-state index is 0. The van der Waals surface area contributed by atoms with Crippen LogP contribution in [0.25, 0.3) is 10.1 Å². The lowest BCUT2D eigenvalue weighted by molar-refractivity contribution is 0.184. The largest absolute Gasteiger partial charge is 0.386 e. The van der Waals surface area contributed by atoms with Gasteiger partial charge in [0.25, 0.3) is 0 Å². The van der Waals surface area contributed by atoms with Gasteiger partial charge in [-0.3, -0.25) is 9.56 Å². The minimum atomic E-state index is -0.601. The van der Waals surface area contributed by atoms with Gasteiger partial charge in [0.1, 0.15) is 11.9 Å². The van der Waals surface area contributed by atoms with Crippen LogP contribution in [-0.4, -0.2) is 45.6 Å². The van der Waals surface area contributed by atoms with Crippen molar-refractivity contribution in [3.63, 3.8) is 0 Å². The van der Waals surface area contributed by atoms with Gasteiger partial charge in [0.15, 0.2) is 5.96 Å². The molecule has 0 saturated carbocycles. The first-order chi connectivity index (χ1) is 14.7. The lowest BCUT2D eigenvalue weighted by Gasteiger charge is -2.14. The number of benzene rings is 1. The van der Waals surface area contributed by atoms with Crippen LogP contribution in [0.5, 0.6) is 0 Å². The highest BCUT2D eigenvalue weighted by molar-refractivity contribution is 14.0. The molecule has 2 aromatic heterocycles. The van der Waals surface area contributed by atoms with Crippen molar-refractivity contribution < 1.29 is 5.11 Å². The maximum atomic E-state index is 12.4. The second kappa shape index (κ2) is 11.1. The fourth-order valence-electron chi connectivity index (χ4n) is 3.71. The van der Waals surface area contributed by atoms with Crippen molar-refractivity contribution in [2.24, 2.45) is 4.99 Å². The highest BCUT2D eigenvalue weighted by Crippen LogP contribution is 2.29. The minimum Gasteiger partial charge on any atom is -0.386 e. The van der Waals surface area contributed by atoms with Crippen LogP contribution in [0.15, 0.2) is 40.1 Å². The Bertz CT molecular complexity index is 1060. The van der Waals surface area contributed by atoms with E-state index in [1.54, 1.807) is 27.6 Å². The Balaban J connectivity index is 0.00000272. The van der Waals surface area contributed by atoms with Gasteiger partial charge in [-0.25, -0.2) is 9.48 Å². The van der Waals surface area contributed by atoms with E-state index in [4.69, 9.17) is 0 Å². The van der Waals surface area contributed by atoms with E-state index in [9.17, 15) is 9.90 Å². The SMILES string of the molecule is CN=C(NCCCn1nc2n(c1=O)CCCC2)NCC(O)c1cc2ccccc2s1.I. The third-order valence-corrected chi connectivity index (χ3v) is 6.55. The fraction of sp³-hybridized carbons (Fsp3) is 0.476. The van der Waals surface area contributed by atoms with Crippen LogP contribution in [0.2, 0.25) is 0 Å². The summed E-state index contributed by atoms with van der Waals surface area (Å²) >= 11 is 1.60. The Hall–Kier alpha value is -1.92. The van der Waals surface area contributed by atoms with E-state index in [-0.39, 0.29) is 29.7 Å². The van der Waals surface area contributed by atoms with Gasteiger partial charge in [-0.05, 0) is 36.8 Å². The number of aromatic nitrogens is 3. The van der Waals surface area contributed by atoms with Crippen LogP contribution < -0.4 is 16.3 Å². The molecular weight excluding hydrogens is 527 g/mol. The third kappa shape index (κ3) is 5.66. The Morgan fingerprint density at radius 1 is 1.32 bits per heavy atom. The summed E-state index contributed by atoms with van der Waals surface area (Å²) in [5, 5.41) is 22.5. The molecule has 4 rings (SSSR count). The van der Waals surface area contributed by atoms with Crippen molar-refractivity contribution >= 4 is 51.4 Å². The summed E-state index contributed by atoms with van der Waals surface area (Å²) in [5.74, 6) is 1.54. The fourth-order valence-corrected chi connectivity index (χ4v) is 4.76. The summed E-state index contributed by atoms with van der Waals surface area (Å²) < 4.78 is 4.54. The number of fused-ring (bicyclic) bond motifs is 2. The number of halogens is 1. The van der Waals surface area contributed by atoms with Gasteiger partial charge in [0, 0.05) is 49.2 Å². The predicted molar refractivity (Wildman–Crippen MR) is 136 cm³/mol. The molecule has 3 heterocycles. The number of nitrogens with one attached hydrogen (secondary N) is 2. The quantitative estimate of drug-likeness (QED) is 0.180. The summed E-state index contributed by atoms with van der Waals surface area (Å²) in [6, 6.07) is 10.2. The maximum Gasteiger partial charge on any atom is 0.345 e. The highest BCUT2D eigenvalue weighted by Gasteiger charge is 2.16. The van der Waals surface area contributed by atoms with Crippen LogP contribution in [-0.2, 0) is 19.5 Å². The zero-order valence-corrected chi connectivity index (χ0v) is 20.7. The number of aliphatic hydroxyl groups excluding tert-OH is 1. The molecule has 1 atom stereocenters.